The van der Waals surface area contributed by atoms with Crippen molar-refractivity contribution < 1.29 is 14.0 Å². The highest BCUT2D eigenvalue weighted by Gasteiger charge is 2.36. The molecule has 0 aliphatic carbocycles. The summed E-state index contributed by atoms with van der Waals surface area (Å²) in [6.45, 7) is 9.44. The van der Waals surface area contributed by atoms with Gasteiger partial charge in [-0.2, -0.15) is 0 Å². The average Bonchev–Trinajstić information content (AvgIpc) is 3.03. The van der Waals surface area contributed by atoms with Crippen LogP contribution in [0, 0.1) is 13.8 Å². The SMILES string of the molecule is CC(=O)N1Cc2ccccc2CC1C(=O)N1CCN(Cc2nc(C)c(C)o2)CC1. The van der Waals surface area contributed by atoms with Crippen LogP contribution in [0.15, 0.2) is 28.7 Å². The van der Waals surface area contributed by atoms with E-state index in [4.69, 9.17) is 4.42 Å². The van der Waals surface area contributed by atoms with Crippen molar-refractivity contribution in [1.82, 2.24) is 19.7 Å². The van der Waals surface area contributed by atoms with Gasteiger partial charge in [0.05, 0.1) is 12.2 Å². The molecule has 1 atom stereocenters. The van der Waals surface area contributed by atoms with E-state index in [2.05, 4.69) is 16.0 Å². The van der Waals surface area contributed by atoms with Crippen molar-refractivity contribution in [2.45, 2.75) is 46.3 Å². The first-order valence-corrected chi connectivity index (χ1v) is 10.2. The quantitative estimate of drug-likeness (QED) is 0.793. The van der Waals surface area contributed by atoms with Crippen molar-refractivity contribution in [2.75, 3.05) is 26.2 Å². The molecule has 29 heavy (non-hydrogen) atoms. The first-order valence-electron chi connectivity index (χ1n) is 10.2. The van der Waals surface area contributed by atoms with Crippen LogP contribution in [0.1, 0.15) is 35.4 Å². The van der Waals surface area contributed by atoms with Crippen LogP contribution in [0.5, 0.6) is 0 Å². The van der Waals surface area contributed by atoms with Crippen molar-refractivity contribution in [1.29, 1.82) is 0 Å². The third-order valence-electron chi connectivity index (χ3n) is 6.05. The lowest BCUT2D eigenvalue weighted by atomic mass is 9.93. The Kier molecular flexibility index (Phi) is 5.41. The molecule has 0 spiro atoms. The summed E-state index contributed by atoms with van der Waals surface area (Å²) in [6.07, 6.45) is 0.587. The van der Waals surface area contributed by atoms with Crippen molar-refractivity contribution in [2.24, 2.45) is 0 Å². The van der Waals surface area contributed by atoms with Crippen LogP contribution in [0.25, 0.3) is 0 Å². The van der Waals surface area contributed by atoms with Gasteiger partial charge in [-0.1, -0.05) is 24.3 Å². The molecule has 2 aliphatic heterocycles. The molecule has 2 amide bonds. The molecule has 2 aliphatic rings. The summed E-state index contributed by atoms with van der Waals surface area (Å²) in [6, 6.07) is 7.66. The minimum absolute atomic E-state index is 0.0499. The highest BCUT2D eigenvalue weighted by molar-refractivity contribution is 5.88. The summed E-state index contributed by atoms with van der Waals surface area (Å²) < 4.78 is 5.68. The number of carbonyl (C=O) groups excluding carboxylic acids is 2. The molecule has 2 aromatic rings. The van der Waals surface area contributed by atoms with Gasteiger partial charge in [0, 0.05) is 46.1 Å². The van der Waals surface area contributed by atoms with Crippen LogP contribution in [0.2, 0.25) is 0 Å². The number of rotatable bonds is 3. The predicted molar refractivity (Wildman–Crippen MR) is 108 cm³/mol. The zero-order valence-electron chi connectivity index (χ0n) is 17.4. The van der Waals surface area contributed by atoms with Crippen molar-refractivity contribution in [3.63, 3.8) is 0 Å². The van der Waals surface area contributed by atoms with Crippen LogP contribution < -0.4 is 0 Å². The summed E-state index contributed by atoms with van der Waals surface area (Å²) in [5, 5.41) is 0. The molecule has 154 valence electrons. The first-order chi connectivity index (χ1) is 13.9. The number of nitrogens with zero attached hydrogens (tertiary/aromatic N) is 4. The maximum Gasteiger partial charge on any atom is 0.245 e. The standard InChI is InChI=1S/C22H28N4O3/c1-15-16(2)29-21(23-15)14-24-8-10-25(11-9-24)22(28)20-12-18-6-4-5-7-19(18)13-26(20)17(3)27/h4-7,20H,8-14H2,1-3H3. The van der Waals surface area contributed by atoms with Gasteiger partial charge in [-0.05, 0) is 25.0 Å². The fraction of sp³-hybridized carbons (Fsp3) is 0.500. The molecule has 1 aromatic carbocycles. The van der Waals surface area contributed by atoms with E-state index in [9.17, 15) is 9.59 Å². The van der Waals surface area contributed by atoms with E-state index in [-0.39, 0.29) is 11.8 Å². The number of piperazine rings is 1. The van der Waals surface area contributed by atoms with Gasteiger partial charge in [-0.25, -0.2) is 4.98 Å². The lowest BCUT2D eigenvalue weighted by Gasteiger charge is -2.40. The van der Waals surface area contributed by atoms with Crippen LogP contribution in [-0.4, -0.2) is 63.7 Å². The predicted octanol–water partition coefficient (Wildman–Crippen LogP) is 1.91. The van der Waals surface area contributed by atoms with Crippen LogP contribution in [0.4, 0.5) is 0 Å². The molecular formula is C22H28N4O3. The Morgan fingerprint density at radius 2 is 1.79 bits per heavy atom. The molecule has 7 heteroatoms. The van der Waals surface area contributed by atoms with Gasteiger partial charge in [0.2, 0.25) is 17.7 Å². The second-order valence-corrected chi connectivity index (χ2v) is 7.99. The Bertz CT molecular complexity index is 895. The van der Waals surface area contributed by atoms with Crippen LogP contribution >= 0.6 is 0 Å². The molecule has 4 rings (SSSR count). The highest BCUT2D eigenvalue weighted by Crippen LogP contribution is 2.25. The zero-order chi connectivity index (χ0) is 20.5. The number of aromatic nitrogens is 1. The molecule has 1 fully saturated rings. The zero-order valence-corrected chi connectivity index (χ0v) is 17.4. The number of oxazole rings is 1. The van der Waals surface area contributed by atoms with E-state index in [1.54, 1.807) is 11.8 Å². The molecule has 0 saturated carbocycles. The van der Waals surface area contributed by atoms with E-state index < -0.39 is 6.04 Å². The maximum absolute atomic E-state index is 13.3. The Labute approximate surface area is 171 Å². The lowest BCUT2D eigenvalue weighted by molar-refractivity contribution is -0.147. The summed E-state index contributed by atoms with van der Waals surface area (Å²) in [5.74, 6) is 1.59. The molecule has 0 N–H and O–H groups in total. The van der Waals surface area contributed by atoms with Gasteiger partial charge in [0.1, 0.15) is 11.8 Å². The second-order valence-electron chi connectivity index (χ2n) is 7.99. The minimum atomic E-state index is -0.411. The number of carbonyl (C=O) groups is 2. The van der Waals surface area contributed by atoms with E-state index in [0.717, 1.165) is 41.6 Å². The van der Waals surface area contributed by atoms with Crippen LogP contribution in [-0.2, 0) is 29.1 Å². The Morgan fingerprint density at radius 1 is 1.10 bits per heavy atom. The molecule has 1 aromatic heterocycles. The van der Waals surface area contributed by atoms with Crippen molar-refractivity contribution >= 4 is 11.8 Å². The van der Waals surface area contributed by atoms with Gasteiger partial charge in [-0.3, -0.25) is 14.5 Å². The molecule has 1 unspecified atom stereocenters. The highest BCUT2D eigenvalue weighted by atomic mass is 16.4. The van der Waals surface area contributed by atoms with Gasteiger partial charge < -0.3 is 14.2 Å². The van der Waals surface area contributed by atoms with Gasteiger partial charge in [0.15, 0.2) is 0 Å². The van der Waals surface area contributed by atoms with Gasteiger partial charge in [-0.15, -0.1) is 0 Å². The molecular weight excluding hydrogens is 368 g/mol. The topological polar surface area (TPSA) is 69.9 Å². The summed E-state index contributed by atoms with van der Waals surface area (Å²) in [5.41, 5.74) is 3.22. The third kappa shape index (κ3) is 4.05. The van der Waals surface area contributed by atoms with Crippen LogP contribution in [0.3, 0.4) is 0 Å². The summed E-state index contributed by atoms with van der Waals surface area (Å²) in [4.78, 5) is 35.8. The average molecular weight is 396 g/mol. The van der Waals surface area contributed by atoms with E-state index in [1.807, 2.05) is 36.9 Å². The van der Waals surface area contributed by atoms with E-state index in [0.29, 0.717) is 32.6 Å². The number of amides is 2. The largest absolute Gasteiger partial charge is 0.444 e. The van der Waals surface area contributed by atoms with Crippen molar-refractivity contribution in [3.8, 4) is 0 Å². The normalized spacial score (nSPS) is 19.9. The lowest BCUT2D eigenvalue weighted by Crippen LogP contribution is -2.57. The fourth-order valence-corrected chi connectivity index (χ4v) is 4.21. The smallest absolute Gasteiger partial charge is 0.245 e. The Balaban J connectivity index is 1.40. The number of benzene rings is 1. The number of hydrogen-bond donors (Lipinski definition) is 0. The maximum atomic E-state index is 13.3. The summed E-state index contributed by atoms with van der Waals surface area (Å²) in [7, 11) is 0. The number of aryl methyl sites for hydroxylation is 2. The third-order valence-corrected chi connectivity index (χ3v) is 6.05. The van der Waals surface area contributed by atoms with Crippen molar-refractivity contribution in [3.05, 3.63) is 52.7 Å². The summed E-state index contributed by atoms with van der Waals surface area (Å²) >= 11 is 0. The monoisotopic (exact) mass is 396 g/mol. The Morgan fingerprint density at radius 3 is 2.41 bits per heavy atom. The number of fused-ring (bicyclic) bond motifs is 1. The number of hydrogen-bond acceptors (Lipinski definition) is 5. The van der Waals surface area contributed by atoms with E-state index in [1.165, 1.54) is 0 Å². The molecule has 7 nitrogen and oxygen atoms in total. The second kappa shape index (κ2) is 7.99. The fourth-order valence-electron chi connectivity index (χ4n) is 4.21. The van der Waals surface area contributed by atoms with Gasteiger partial charge >= 0.3 is 0 Å². The minimum Gasteiger partial charge on any atom is -0.444 e. The molecule has 0 bridgehead atoms. The first kappa shape index (κ1) is 19.6. The molecule has 3 heterocycles. The van der Waals surface area contributed by atoms with E-state index >= 15 is 0 Å². The van der Waals surface area contributed by atoms with Gasteiger partial charge in [0.25, 0.3) is 0 Å². The molecule has 1 saturated heterocycles. The molecule has 0 radical (unpaired) electrons. The Hall–Kier alpha value is -2.67.